The third-order valence-corrected chi connectivity index (χ3v) is 7.09. The summed E-state index contributed by atoms with van der Waals surface area (Å²) >= 11 is 0. The van der Waals surface area contributed by atoms with Crippen LogP contribution in [0.1, 0.15) is 86.3 Å². The Bertz CT molecular complexity index is 776. The number of para-hydroxylation sites is 1. The first-order valence-electron chi connectivity index (χ1n) is 11.6. The zero-order valence-electron chi connectivity index (χ0n) is 18.1. The summed E-state index contributed by atoms with van der Waals surface area (Å²) in [5.74, 6) is 2.48. The van der Waals surface area contributed by atoms with Crippen molar-refractivity contribution in [3.8, 4) is 5.75 Å². The Morgan fingerprint density at radius 1 is 0.724 bits per heavy atom. The molecule has 0 aliphatic heterocycles. The zero-order chi connectivity index (χ0) is 20.1. The maximum absolute atomic E-state index is 6.58. The Balaban J connectivity index is 1.40. The van der Waals surface area contributed by atoms with Crippen molar-refractivity contribution < 1.29 is 9.47 Å². The molecule has 0 heterocycles. The van der Waals surface area contributed by atoms with Crippen LogP contribution < -0.4 is 4.74 Å². The highest BCUT2D eigenvalue weighted by atomic mass is 16.5. The lowest BCUT2D eigenvalue weighted by Crippen LogP contribution is -2.18. The SMILES string of the molecule is COC1CCCC(Oc2ccccc2C2CCC(c3cccc(C)c3)CC2)CC1. The average molecular weight is 393 g/mol. The maximum atomic E-state index is 6.58. The van der Waals surface area contributed by atoms with Gasteiger partial charge in [0.05, 0.1) is 12.2 Å². The van der Waals surface area contributed by atoms with Gasteiger partial charge in [0.1, 0.15) is 5.75 Å². The van der Waals surface area contributed by atoms with E-state index in [2.05, 4.69) is 55.5 Å². The topological polar surface area (TPSA) is 18.5 Å². The normalized spacial score (nSPS) is 27.9. The molecule has 0 amide bonds. The molecule has 0 radical (unpaired) electrons. The van der Waals surface area contributed by atoms with Crippen LogP contribution in [-0.4, -0.2) is 19.3 Å². The molecule has 2 atom stereocenters. The largest absolute Gasteiger partial charge is 0.490 e. The number of rotatable bonds is 5. The smallest absolute Gasteiger partial charge is 0.123 e. The molecule has 2 saturated carbocycles. The van der Waals surface area contributed by atoms with Gasteiger partial charge in [0, 0.05) is 7.11 Å². The molecule has 2 fully saturated rings. The molecular weight excluding hydrogens is 356 g/mol. The fraction of sp³-hybridized carbons (Fsp3) is 0.556. The fourth-order valence-corrected chi connectivity index (χ4v) is 5.35. The van der Waals surface area contributed by atoms with Crippen LogP contribution >= 0.6 is 0 Å². The van der Waals surface area contributed by atoms with Gasteiger partial charge in [0.25, 0.3) is 0 Å². The van der Waals surface area contributed by atoms with Crippen LogP contribution in [-0.2, 0) is 4.74 Å². The van der Waals surface area contributed by atoms with Crippen molar-refractivity contribution in [1.82, 2.24) is 0 Å². The first-order valence-corrected chi connectivity index (χ1v) is 11.6. The van der Waals surface area contributed by atoms with Crippen LogP contribution in [0.15, 0.2) is 48.5 Å². The van der Waals surface area contributed by atoms with Crippen LogP contribution in [0.25, 0.3) is 0 Å². The van der Waals surface area contributed by atoms with Gasteiger partial charge in [-0.05, 0) is 93.7 Å². The van der Waals surface area contributed by atoms with E-state index in [4.69, 9.17) is 9.47 Å². The van der Waals surface area contributed by atoms with Crippen molar-refractivity contribution in [2.24, 2.45) is 0 Å². The summed E-state index contributed by atoms with van der Waals surface area (Å²) in [6.07, 6.45) is 11.6. The van der Waals surface area contributed by atoms with E-state index in [9.17, 15) is 0 Å². The maximum Gasteiger partial charge on any atom is 0.123 e. The van der Waals surface area contributed by atoms with Gasteiger partial charge in [-0.2, -0.15) is 0 Å². The number of hydrogen-bond acceptors (Lipinski definition) is 2. The second-order valence-corrected chi connectivity index (χ2v) is 9.11. The highest BCUT2D eigenvalue weighted by Gasteiger charge is 2.27. The lowest BCUT2D eigenvalue weighted by molar-refractivity contribution is 0.0857. The Hall–Kier alpha value is -1.80. The van der Waals surface area contributed by atoms with Crippen LogP contribution in [0.2, 0.25) is 0 Å². The molecule has 0 spiro atoms. The number of aryl methyl sites for hydroxylation is 1. The standard InChI is InChI=1S/C27H36O2/c1-20-7-5-8-23(19-20)21-13-15-22(16-14-21)26-11-3-4-12-27(26)29-25-10-6-9-24(28-2)17-18-25/h3-5,7-8,11-12,19,21-22,24-25H,6,9-10,13-18H2,1-2H3. The van der Waals surface area contributed by atoms with Gasteiger partial charge < -0.3 is 9.47 Å². The lowest BCUT2D eigenvalue weighted by Gasteiger charge is -2.31. The minimum atomic E-state index is 0.333. The first-order chi connectivity index (χ1) is 14.2. The second-order valence-electron chi connectivity index (χ2n) is 9.11. The molecule has 0 N–H and O–H groups in total. The van der Waals surface area contributed by atoms with Crippen molar-refractivity contribution in [2.75, 3.05) is 7.11 Å². The minimum Gasteiger partial charge on any atom is -0.490 e. The third kappa shape index (κ3) is 5.22. The van der Waals surface area contributed by atoms with E-state index < -0.39 is 0 Å². The van der Waals surface area contributed by atoms with E-state index in [-0.39, 0.29) is 0 Å². The molecular formula is C27H36O2. The Morgan fingerprint density at radius 3 is 2.24 bits per heavy atom. The molecule has 2 aliphatic rings. The summed E-state index contributed by atoms with van der Waals surface area (Å²) in [5.41, 5.74) is 4.34. The van der Waals surface area contributed by atoms with E-state index in [1.807, 2.05) is 7.11 Å². The van der Waals surface area contributed by atoms with E-state index in [0.29, 0.717) is 24.0 Å². The Morgan fingerprint density at radius 2 is 1.45 bits per heavy atom. The molecule has 4 rings (SSSR count). The van der Waals surface area contributed by atoms with E-state index in [1.165, 1.54) is 55.2 Å². The predicted molar refractivity (Wildman–Crippen MR) is 120 cm³/mol. The second kappa shape index (κ2) is 9.80. The molecule has 2 aromatic carbocycles. The number of methoxy groups -OCH3 is 1. The Kier molecular flexibility index (Phi) is 6.92. The third-order valence-electron chi connectivity index (χ3n) is 7.09. The average Bonchev–Trinajstić information content (AvgIpc) is 2.99. The number of ether oxygens (including phenoxy) is 2. The summed E-state index contributed by atoms with van der Waals surface area (Å²) in [5, 5.41) is 0. The number of hydrogen-bond donors (Lipinski definition) is 0. The summed E-state index contributed by atoms with van der Waals surface area (Å²) in [4.78, 5) is 0. The van der Waals surface area contributed by atoms with Crippen LogP contribution in [0.4, 0.5) is 0 Å². The summed E-state index contributed by atoms with van der Waals surface area (Å²) in [7, 11) is 1.84. The van der Waals surface area contributed by atoms with E-state index in [1.54, 1.807) is 0 Å². The molecule has 2 aromatic rings. The molecule has 2 aliphatic carbocycles. The van der Waals surface area contributed by atoms with E-state index in [0.717, 1.165) is 25.0 Å². The molecule has 2 heteroatoms. The van der Waals surface area contributed by atoms with Crippen molar-refractivity contribution in [3.63, 3.8) is 0 Å². The highest BCUT2D eigenvalue weighted by Crippen LogP contribution is 2.43. The first kappa shape index (κ1) is 20.5. The molecule has 0 bridgehead atoms. The van der Waals surface area contributed by atoms with Gasteiger partial charge in [-0.15, -0.1) is 0 Å². The van der Waals surface area contributed by atoms with Gasteiger partial charge in [0.2, 0.25) is 0 Å². The predicted octanol–water partition coefficient (Wildman–Crippen LogP) is 7.16. The van der Waals surface area contributed by atoms with Crippen LogP contribution in [0.5, 0.6) is 5.75 Å². The van der Waals surface area contributed by atoms with Crippen LogP contribution in [0.3, 0.4) is 0 Å². The zero-order valence-corrected chi connectivity index (χ0v) is 18.1. The van der Waals surface area contributed by atoms with Crippen molar-refractivity contribution in [1.29, 1.82) is 0 Å². The quantitative estimate of drug-likeness (QED) is 0.502. The molecule has 0 saturated heterocycles. The van der Waals surface area contributed by atoms with Gasteiger partial charge in [0.15, 0.2) is 0 Å². The summed E-state index contributed by atoms with van der Waals surface area (Å²) in [6.45, 7) is 2.20. The summed E-state index contributed by atoms with van der Waals surface area (Å²) in [6, 6.07) is 17.9. The van der Waals surface area contributed by atoms with Crippen molar-refractivity contribution >= 4 is 0 Å². The lowest BCUT2D eigenvalue weighted by atomic mass is 9.76. The van der Waals surface area contributed by atoms with E-state index >= 15 is 0 Å². The van der Waals surface area contributed by atoms with Crippen molar-refractivity contribution in [3.05, 3.63) is 65.2 Å². The molecule has 29 heavy (non-hydrogen) atoms. The van der Waals surface area contributed by atoms with Gasteiger partial charge in [-0.1, -0.05) is 48.0 Å². The fourth-order valence-electron chi connectivity index (χ4n) is 5.35. The number of benzene rings is 2. The Labute approximate surface area is 176 Å². The molecule has 2 nitrogen and oxygen atoms in total. The summed E-state index contributed by atoms with van der Waals surface area (Å²) < 4.78 is 12.2. The van der Waals surface area contributed by atoms with Gasteiger partial charge in [-0.3, -0.25) is 0 Å². The monoisotopic (exact) mass is 392 g/mol. The van der Waals surface area contributed by atoms with Gasteiger partial charge in [-0.25, -0.2) is 0 Å². The minimum absolute atomic E-state index is 0.333. The van der Waals surface area contributed by atoms with Gasteiger partial charge >= 0.3 is 0 Å². The molecule has 156 valence electrons. The highest BCUT2D eigenvalue weighted by molar-refractivity contribution is 5.37. The van der Waals surface area contributed by atoms with Crippen molar-refractivity contribution in [2.45, 2.75) is 88.8 Å². The molecule has 2 unspecified atom stereocenters. The molecule has 0 aromatic heterocycles. The van der Waals surface area contributed by atoms with Crippen LogP contribution in [0, 0.1) is 6.92 Å².